The summed E-state index contributed by atoms with van der Waals surface area (Å²) in [5.74, 6) is 2.45. The number of carbonyl (C=O) groups excluding carboxylic acids is 5. The number of alkyl carbamates (subject to hydrolysis) is 2. The fraction of sp³-hybridized carbons (Fsp3) is 0.385. The number of hydrogen-bond acceptors (Lipinski definition) is 33. The van der Waals surface area contributed by atoms with E-state index in [4.69, 9.17) is 42.4 Å². The number of nitrogens with one attached hydrogen (secondary N) is 5. The summed E-state index contributed by atoms with van der Waals surface area (Å²) in [7, 11) is 2.96. The van der Waals surface area contributed by atoms with Gasteiger partial charge in [0.15, 0.2) is 5.13 Å². The lowest BCUT2D eigenvalue weighted by molar-refractivity contribution is -0.142. The van der Waals surface area contributed by atoms with E-state index in [0.717, 1.165) is 134 Å². The van der Waals surface area contributed by atoms with Gasteiger partial charge in [-0.25, -0.2) is 79.0 Å². The predicted octanol–water partition coefficient (Wildman–Crippen LogP) is 15.1. The second-order valence-corrected chi connectivity index (χ2v) is 36.8. The Hall–Kier alpha value is -12.8. The van der Waals surface area contributed by atoms with Gasteiger partial charge in [-0.15, -0.1) is 34.0 Å². The Balaban J connectivity index is 0.000000222. The highest BCUT2D eigenvalue weighted by Gasteiger charge is 2.27. The van der Waals surface area contributed by atoms with Crippen molar-refractivity contribution in [3.8, 4) is 41.8 Å². The first kappa shape index (κ1) is 105. The minimum Gasteiger partial charge on any atom is -0.480 e. The van der Waals surface area contributed by atoms with Crippen molar-refractivity contribution in [3.63, 3.8) is 0 Å². The van der Waals surface area contributed by atoms with E-state index < -0.39 is 53.1 Å². The number of rotatable bonds is 30. The Morgan fingerprint density at radius 2 is 0.855 bits per heavy atom. The smallest absolute Gasteiger partial charge is 0.410 e. The summed E-state index contributed by atoms with van der Waals surface area (Å²) in [6, 6.07) is 21.9. The van der Waals surface area contributed by atoms with Crippen molar-refractivity contribution in [2.24, 2.45) is 11.5 Å². The molecule has 0 aliphatic heterocycles. The van der Waals surface area contributed by atoms with E-state index in [-0.39, 0.29) is 11.8 Å². The van der Waals surface area contributed by atoms with Crippen molar-refractivity contribution in [2.75, 3.05) is 64.0 Å². The molecule has 0 radical (unpaired) electrons. The lowest BCUT2D eigenvalue weighted by Gasteiger charge is -2.26. The van der Waals surface area contributed by atoms with Gasteiger partial charge in [0.25, 0.3) is 0 Å². The molecule has 0 aliphatic rings. The fourth-order valence-electron chi connectivity index (χ4n) is 11.2. The van der Waals surface area contributed by atoms with Gasteiger partial charge in [0.1, 0.15) is 69.0 Å². The Bertz CT molecular complexity index is 5580. The van der Waals surface area contributed by atoms with E-state index in [9.17, 15) is 28.8 Å². The number of amides is 5. The van der Waals surface area contributed by atoms with Crippen LogP contribution in [0.5, 0.6) is 0 Å². The Morgan fingerprint density at radius 1 is 0.466 bits per heavy atom. The van der Waals surface area contributed by atoms with E-state index in [1.165, 1.54) is 36.3 Å². The molecule has 12 rings (SSSR count). The maximum Gasteiger partial charge on any atom is 0.410 e. The zero-order chi connectivity index (χ0) is 95.8. The van der Waals surface area contributed by atoms with Gasteiger partial charge < -0.3 is 62.3 Å². The fourth-order valence-corrected chi connectivity index (χ4v) is 15.0. The largest absolute Gasteiger partial charge is 0.480 e. The molecule has 10 N–H and O–H groups in total. The first-order valence-corrected chi connectivity index (χ1v) is 45.5. The highest BCUT2D eigenvalue weighted by atomic mass is 35.5. The van der Waals surface area contributed by atoms with E-state index >= 15 is 0 Å². The van der Waals surface area contributed by atoms with Gasteiger partial charge in [-0.1, -0.05) is 29.5 Å². The summed E-state index contributed by atoms with van der Waals surface area (Å²) >= 11 is 12.5. The average molecular weight is 1880 g/mol. The summed E-state index contributed by atoms with van der Waals surface area (Å²) in [6.07, 6.45) is 26.9. The molecular formula is C91H116ClN25O10S4. The lowest BCUT2D eigenvalue weighted by Crippen LogP contribution is -2.46. The predicted molar refractivity (Wildman–Crippen MR) is 513 cm³/mol. The summed E-state index contributed by atoms with van der Waals surface area (Å²) in [5.41, 5.74) is 18.5. The van der Waals surface area contributed by atoms with Crippen molar-refractivity contribution in [2.45, 2.75) is 178 Å². The molecule has 0 spiro atoms. The maximum absolute atomic E-state index is 12.2. The minimum absolute atomic E-state index is 0.246. The Morgan fingerprint density at radius 3 is 1.27 bits per heavy atom. The standard InChI is InChI=1S/C22H26N8O2S.C22H27N5O2S.C17H19N5S.C14H11ClN4S.C9H17NO4.C7H16N2O2/c1-5-20(31)30(4)14(2)21(32)25-11-10-24-18-12-19(28-15(3)27-18)29-22-26-13-17(33-22)16-6-8-23-9-7-16;1-15-26-17(6-5-9-24-21(28)29-22(2,3)4)12-18(27-15)13-20-25-14-19(30-20)16-7-10-23-11-8-16;1-12-21-14(3-2-6-18)9-15(22-12)10-17-20-11-16(23-17)13-4-7-19-8-5-13;1-9-18-11(6-13(15)19-9)7-14-17-8-12(20-14)10-2-4-16-5-3-10;1-6(7(11)12)10(5)8(13)14-9(2,3)4;1-7(2,3)11-6(10)9-5-4-8/h5-9,12-14H,1,10-11H2,2-4H3,(H,25,32)(H2,24,26,27,28,29);7-8,10-12,14H,5-6,9,13H2,1-4H3,(H,24,28);4-5,7-9,11H,2-3,6,10,18H2,1H3;2-6,8H,7H2,1H3;6H,1-5H3,(H,11,12);4-5,8H2,1-3H3,(H,9,10)/t14-;;;;6-;/m0...0./s1. The molecule has 0 aromatic carbocycles. The van der Waals surface area contributed by atoms with Crippen LogP contribution in [-0.4, -0.2) is 213 Å². The number of nitrogens with two attached hydrogens (primary N) is 2. The van der Waals surface area contributed by atoms with Crippen molar-refractivity contribution in [1.29, 1.82) is 0 Å². The summed E-state index contributed by atoms with van der Waals surface area (Å²) < 4.78 is 15.2. The molecule has 0 aliphatic carbocycles. The van der Waals surface area contributed by atoms with Crippen LogP contribution < -0.4 is 38.1 Å². The van der Waals surface area contributed by atoms with Gasteiger partial charge >= 0.3 is 24.2 Å². The quantitative estimate of drug-likeness (QED) is 0.00897. The summed E-state index contributed by atoms with van der Waals surface area (Å²) in [6.45, 7) is 33.1. The number of nitrogens with zero attached hydrogens (tertiary/aromatic N) is 18. The summed E-state index contributed by atoms with van der Waals surface area (Å²) in [5, 5.41) is 27.4. The first-order chi connectivity index (χ1) is 62.2. The van der Waals surface area contributed by atoms with Gasteiger partial charge in [-0.3, -0.25) is 34.4 Å². The zero-order valence-corrected chi connectivity index (χ0v) is 80.8. The summed E-state index contributed by atoms with van der Waals surface area (Å²) in [4.78, 5) is 145. The molecule has 0 saturated heterocycles. The number of carboxylic acid groups (broad SMARTS) is 1. The molecule has 12 heterocycles. The molecule has 0 saturated carbocycles. The molecule has 5 amide bonds. The topological polar surface area (TPSA) is 475 Å². The van der Waals surface area contributed by atoms with Crippen LogP contribution in [0.2, 0.25) is 5.15 Å². The molecule has 0 unspecified atom stereocenters. The molecule has 40 heteroatoms. The van der Waals surface area contributed by atoms with Gasteiger partial charge in [-0.05, 0) is 231 Å². The van der Waals surface area contributed by atoms with Gasteiger partial charge in [0, 0.05) is 158 Å². The van der Waals surface area contributed by atoms with Crippen LogP contribution in [-0.2, 0) is 60.7 Å². The number of pyridine rings is 4. The van der Waals surface area contributed by atoms with Gasteiger partial charge in [-0.2, -0.15) is 0 Å². The molecule has 696 valence electrons. The number of likely N-dealkylation sites (N-methyl/N-ethyl adjacent to an activating group) is 2. The lowest BCUT2D eigenvalue weighted by atomic mass is 10.2. The molecule has 0 fully saturated rings. The van der Waals surface area contributed by atoms with E-state index in [1.807, 2.05) is 136 Å². The van der Waals surface area contributed by atoms with Gasteiger partial charge in [0.05, 0.1) is 51.6 Å². The minimum atomic E-state index is -1.06. The van der Waals surface area contributed by atoms with E-state index in [2.05, 4.69) is 119 Å². The second-order valence-electron chi connectivity index (χ2n) is 32.0. The number of hydrogen-bond donors (Lipinski definition) is 8. The van der Waals surface area contributed by atoms with Crippen LogP contribution in [0.15, 0.2) is 160 Å². The molecule has 12 aromatic heterocycles. The Kier molecular flexibility index (Phi) is 42.4. The van der Waals surface area contributed by atoms with Crippen LogP contribution in [0.1, 0.15) is 156 Å². The number of ether oxygens (including phenoxy) is 3. The average Bonchev–Trinajstić information content (AvgIpc) is 1.72. The molecule has 0 bridgehead atoms. The number of aromatic nitrogens is 16. The monoisotopic (exact) mass is 1880 g/mol. The van der Waals surface area contributed by atoms with Gasteiger partial charge in [0.2, 0.25) is 11.8 Å². The molecular weight excluding hydrogens is 1770 g/mol. The number of halogens is 1. The number of thiazole rings is 4. The number of carboxylic acids is 1. The third kappa shape index (κ3) is 39.6. The van der Waals surface area contributed by atoms with Crippen molar-refractivity contribution >= 4 is 110 Å². The number of anilines is 3. The third-order valence-corrected chi connectivity index (χ3v) is 21.7. The molecule has 131 heavy (non-hydrogen) atoms. The van der Waals surface area contributed by atoms with Crippen LogP contribution >= 0.6 is 56.9 Å². The number of aryl methyl sites for hydroxylation is 6. The Labute approximate surface area is 785 Å². The highest BCUT2D eigenvalue weighted by molar-refractivity contribution is 7.19. The molecule has 35 nitrogen and oxygen atoms in total. The zero-order valence-electron chi connectivity index (χ0n) is 76.8. The van der Waals surface area contributed by atoms with Crippen molar-refractivity contribution in [1.82, 2.24) is 105 Å². The van der Waals surface area contributed by atoms with Crippen LogP contribution in [0.3, 0.4) is 0 Å². The highest BCUT2D eigenvalue weighted by Crippen LogP contribution is 2.33. The first-order valence-electron chi connectivity index (χ1n) is 41.9. The molecule has 2 atom stereocenters. The number of aliphatic carboxylic acids is 1. The van der Waals surface area contributed by atoms with Crippen LogP contribution in [0, 0.1) is 27.7 Å². The maximum atomic E-state index is 12.2. The van der Waals surface area contributed by atoms with Crippen LogP contribution in [0.25, 0.3) is 41.8 Å². The normalized spacial score (nSPS) is 11.3. The number of carbonyl (C=O) groups is 6. The van der Waals surface area contributed by atoms with E-state index in [0.29, 0.717) is 85.7 Å². The van der Waals surface area contributed by atoms with Crippen LogP contribution in [0.4, 0.5) is 31.2 Å². The van der Waals surface area contributed by atoms with Crippen molar-refractivity contribution < 1.29 is 48.1 Å². The second kappa shape index (κ2) is 52.8. The third-order valence-electron chi connectivity index (χ3n) is 17.4. The van der Waals surface area contributed by atoms with E-state index in [1.54, 1.807) is 144 Å². The molecule has 12 aromatic rings. The SMILES string of the molecule is C=CC(=O)N(C)[C@@H](C)C(=O)NCCNc1cc(Nc2ncc(-c3ccncc3)s2)nc(C)n1.CC(C)(C)OC(=O)NCCN.C[C@@H](C(=O)O)N(C)C(=O)OC(C)(C)C.Cc1nc(CCCN)cc(Cc2ncc(-c3ccncc3)s2)n1.Cc1nc(CCCNC(=O)OC(C)(C)C)cc(Cc2ncc(-c3ccncc3)s2)n1.Cc1nc(Cl)cc(Cc2ncc(-c3ccncc3)s2)n1. The van der Waals surface area contributed by atoms with Crippen molar-refractivity contribution in [3.05, 3.63) is 232 Å².